The van der Waals surface area contributed by atoms with Crippen molar-refractivity contribution in [3.63, 3.8) is 0 Å². The van der Waals surface area contributed by atoms with Crippen LogP contribution in [0.5, 0.6) is 0 Å². The Hall–Kier alpha value is -2.33. The van der Waals surface area contributed by atoms with Gasteiger partial charge in [-0.1, -0.05) is 0 Å². The number of aryl methyl sites for hydroxylation is 2. The maximum atomic E-state index is 12.6. The molecule has 0 bridgehead atoms. The van der Waals surface area contributed by atoms with Crippen LogP contribution >= 0.6 is 22.7 Å². The van der Waals surface area contributed by atoms with E-state index in [0.717, 1.165) is 17.0 Å². The first-order valence-corrected chi connectivity index (χ1v) is 9.82. The molecule has 0 atom stereocenters. The van der Waals surface area contributed by atoms with Crippen LogP contribution in [0.4, 0.5) is 10.8 Å². The molecule has 1 N–H and O–H groups in total. The van der Waals surface area contributed by atoms with Gasteiger partial charge >= 0.3 is 0 Å². The smallest absolute Gasteiger partial charge is 0.283 e. The van der Waals surface area contributed by atoms with Crippen LogP contribution in [0.1, 0.15) is 33.1 Å². The molecule has 0 radical (unpaired) electrons. The minimum Gasteiger partial charge on any atom is -0.338 e. The lowest BCUT2D eigenvalue weighted by Gasteiger charge is -2.30. The van der Waals surface area contributed by atoms with Crippen LogP contribution in [0.15, 0.2) is 11.4 Å². The number of thiazole rings is 1. The molecule has 138 valence electrons. The molecule has 8 nitrogen and oxygen atoms in total. The largest absolute Gasteiger partial charge is 0.338 e. The second-order valence-corrected chi connectivity index (χ2v) is 8.27. The fourth-order valence-electron chi connectivity index (χ4n) is 2.88. The lowest BCUT2D eigenvalue weighted by atomic mass is 9.96. The van der Waals surface area contributed by atoms with Crippen molar-refractivity contribution >= 4 is 45.3 Å². The number of carbonyl (C=O) groups is 2. The van der Waals surface area contributed by atoms with Crippen LogP contribution in [0, 0.1) is 29.9 Å². The molecule has 0 aliphatic carbocycles. The van der Waals surface area contributed by atoms with Gasteiger partial charge in [-0.2, -0.15) is 0 Å². The first-order chi connectivity index (χ1) is 12.3. The van der Waals surface area contributed by atoms with Crippen LogP contribution in [0.2, 0.25) is 0 Å². The quantitative estimate of drug-likeness (QED) is 0.633. The van der Waals surface area contributed by atoms with Gasteiger partial charge in [-0.05, 0) is 26.7 Å². The SMILES string of the molecule is Cc1csc(NC(=O)C2CCN(C(=O)c3cc([N+](=O)[O-])c(C)s3)CC2)n1. The van der Waals surface area contributed by atoms with E-state index in [1.807, 2.05) is 12.3 Å². The van der Waals surface area contributed by atoms with E-state index in [9.17, 15) is 19.7 Å². The molecule has 26 heavy (non-hydrogen) atoms. The second-order valence-electron chi connectivity index (χ2n) is 6.16. The number of hydrogen-bond acceptors (Lipinski definition) is 7. The van der Waals surface area contributed by atoms with Crippen molar-refractivity contribution in [3.8, 4) is 0 Å². The molecule has 1 saturated heterocycles. The highest BCUT2D eigenvalue weighted by Gasteiger charge is 2.30. The summed E-state index contributed by atoms with van der Waals surface area (Å²) in [7, 11) is 0. The molecule has 1 fully saturated rings. The van der Waals surface area contributed by atoms with Crippen LogP contribution in [0.25, 0.3) is 0 Å². The minimum absolute atomic E-state index is 0.0219. The van der Waals surface area contributed by atoms with Gasteiger partial charge in [0.15, 0.2) is 5.13 Å². The Morgan fingerprint density at radius 3 is 2.58 bits per heavy atom. The van der Waals surface area contributed by atoms with Crippen LogP contribution in [-0.2, 0) is 4.79 Å². The molecular weight excluding hydrogens is 376 g/mol. The van der Waals surface area contributed by atoms with E-state index >= 15 is 0 Å². The van der Waals surface area contributed by atoms with Gasteiger partial charge in [-0.15, -0.1) is 22.7 Å². The summed E-state index contributed by atoms with van der Waals surface area (Å²) in [6.45, 7) is 4.42. The average molecular weight is 394 g/mol. The molecule has 2 aromatic heterocycles. The molecule has 3 rings (SSSR count). The van der Waals surface area contributed by atoms with E-state index in [1.165, 1.54) is 17.4 Å². The van der Waals surface area contributed by atoms with Crippen molar-refractivity contribution in [1.82, 2.24) is 9.88 Å². The van der Waals surface area contributed by atoms with Crippen molar-refractivity contribution < 1.29 is 14.5 Å². The van der Waals surface area contributed by atoms with E-state index in [1.54, 1.807) is 11.8 Å². The molecular formula is C16H18N4O4S2. The normalized spacial score (nSPS) is 15.1. The molecule has 10 heteroatoms. The van der Waals surface area contributed by atoms with Gasteiger partial charge in [0.1, 0.15) is 0 Å². The van der Waals surface area contributed by atoms with Gasteiger partial charge in [0, 0.05) is 30.5 Å². The highest BCUT2D eigenvalue weighted by molar-refractivity contribution is 7.14. The zero-order chi connectivity index (χ0) is 18.8. The molecule has 1 aliphatic heterocycles. The number of rotatable bonds is 4. The number of likely N-dealkylation sites (tertiary alicyclic amines) is 1. The number of nitro groups is 1. The third-order valence-corrected chi connectivity index (χ3v) is 6.20. The number of piperidine rings is 1. The Morgan fingerprint density at radius 1 is 1.35 bits per heavy atom. The van der Waals surface area contributed by atoms with E-state index in [2.05, 4.69) is 10.3 Å². The highest BCUT2D eigenvalue weighted by atomic mass is 32.1. The van der Waals surface area contributed by atoms with E-state index < -0.39 is 4.92 Å². The molecule has 3 heterocycles. The van der Waals surface area contributed by atoms with Crippen LogP contribution < -0.4 is 5.32 Å². The van der Waals surface area contributed by atoms with Crippen molar-refractivity contribution in [2.45, 2.75) is 26.7 Å². The van der Waals surface area contributed by atoms with Gasteiger partial charge in [-0.3, -0.25) is 19.7 Å². The summed E-state index contributed by atoms with van der Waals surface area (Å²) in [5, 5.41) is 16.2. The average Bonchev–Trinajstić information content (AvgIpc) is 3.20. The lowest BCUT2D eigenvalue weighted by molar-refractivity contribution is -0.385. The Morgan fingerprint density at radius 2 is 2.04 bits per heavy atom. The summed E-state index contributed by atoms with van der Waals surface area (Å²) in [5.74, 6) is -0.447. The predicted octanol–water partition coefficient (Wildman–Crippen LogP) is 3.22. The number of nitrogens with one attached hydrogen (secondary N) is 1. The molecule has 1 aliphatic rings. The van der Waals surface area contributed by atoms with Gasteiger partial charge in [-0.25, -0.2) is 4.98 Å². The number of carbonyl (C=O) groups excluding carboxylic acids is 2. The molecule has 0 saturated carbocycles. The van der Waals surface area contributed by atoms with Crippen LogP contribution in [0.3, 0.4) is 0 Å². The monoisotopic (exact) mass is 394 g/mol. The fraction of sp³-hybridized carbons (Fsp3) is 0.438. The van der Waals surface area contributed by atoms with Crippen LogP contribution in [-0.4, -0.2) is 39.7 Å². The third kappa shape index (κ3) is 3.91. The molecule has 2 amide bonds. The number of nitrogens with zero attached hydrogens (tertiary/aromatic N) is 3. The highest BCUT2D eigenvalue weighted by Crippen LogP contribution is 2.30. The Balaban J connectivity index is 1.57. The predicted molar refractivity (Wildman–Crippen MR) is 99.8 cm³/mol. The van der Waals surface area contributed by atoms with Gasteiger partial charge < -0.3 is 10.2 Å². The summed E-state index contributed by atoms with van der Waals surface area (Å²) in [6.07, 6.45) is 1.13. The maximum Gasteiger partial charge on any atom is 0.283 e. The van der Waals surface area contributed by atoms with Crippen molar-refractivity contribution in [3.05, 3.63) is 37.0 Å². The first-order valence-electron chi connectivity index (χ1n) is 8.12. The summed E-state index contributed by atoms with van der Waals surface area (Å²) >= 11 is 2.53. The Labute approximate surface area is 158 Å². The number of aromatic nitrogens is 1. The second kappa shape index (κ2) is 7.50. The number of thiophene rings is 1. The summed E-state index contributed by atoms with van der Waals surface area (Å²) < 4.78 is 0. The number of anilines is 1. The molecule has 0 unspecified atom stereocenters. The Kier molecular flexibility index (Phi) is 5.33. The molecule has 0 aromatic carbocycles. The third-order valence-electron chi connectivity index (χ3n) is 4.30. The molecule has 2 aromatic rings. The van der Waals surface area contributed by atoms with Gasteiger partial charge in [0.25, 0.3) is 11.6 Å². The molecule has 0 spiro atoms. The summed E-state index contributed by atoms with van der Waals surface area (Å²) in [4.78, 5) is 42.1. The van der Waals surface area contributed by atoms with Gasteiger partial charge in [0.05, 0.1) is 20.4 Å². The van der Waals surface area contributed by atoms with Crippen molar-refractivity contribution in [2.75, 3.05) is 18.4 Å². The number of hydrogen-bond donors (Lipinski definition) is 1. The maximum absolute atomic E-state index is 12.6. The minimum atomic E-state index is -0.473. The Bertz CT molecular complexity index is 852. The van der Waals surface area contributed by atoms with E-state index in [0.29, 0.717) is 40.8 Å². The van der Waals surface area contributed by atoms with Gasteiger partial charge in [0.2, 0.25) is 5.91 Å². The van der Waals surface area contributed by atoms with Crippen molar-refractivity contribution in [1.29, 1.82) is 0 Å². The van der Waals surface area contributed by atoms with E-state index in [4.69, 9.17) is 0 Å². The van der Waals surface area contributed by atoms with E-state index in [-0.39, 0.29) is 23.4 Å². The lowest BCUT2D eigenvalue weighted by Crippen LogP contribution is -2.41. The summed E-state index contributed by atoms with van der Waals surface area (Å²) in [6, 6.07) is 1.34. The fourth-order valence-corrected chi connectivity index (χ4v) is 4.52. The zero-order valence-corrected chi connectivity index (χ0v) is 16.0. The zero-order valence-electron chi connectivity index (χ0n) is 14.4. The topological polar surface area (TPSA) is 105 Å². The first kappa shape index (κ1) is 18.5. The number of amides is 2. The van der Waals surface area contributed by atoms with Crippen molar-refractivity contribution in [2.24, 2.45) is 5.92 Å². The standard InChI is InChI=1S/C16H18N4O4S2/c1-9-8-25-16(17-9)18-14(21)11-3-5-19(6-4-11)15(22)13-7-12(20(23)24)10(2)26-13/h7-8,11H,3-6H2,1-2H3,(H,17,18,21). The summed E-state index contributed by atoms with van der Waals surface area (Å²) in [5.41, 5.74) is 0.845.